The van der Waals surface area contributed by atoms with Gasteiger partial charge < -0.3 is 20.5 Å². The van der Waals surface area contributed by atoms with Crippen molar-refractivity contribution in [3.8, 4) is 16.9 Å². The second-order valence-electron chi connectivity index (χ2n) is 8.25. The topological polar surface area (TPSA) is 114 Å². The van der Waals surface area contributed by atoms with Crippen LogP contribution in [0.15, 0.2) is 48.5 Å². The molecule has 7 heteroatoms. The zero-order valence-electron chi connectivity index (χ0n) is 17.9. The standard InChI is InChI=1S/C24H29N3O4/c1-15(2)13-31-22(28)12-19-11-20(27-24(19)29)14-30-21-9-7-17(8-10-21)16-3-5-18(6-4-16)23(25)26/h3-10,15,19-20H,11-14H2,1-2H3,(H3,25,26)(H,27,29)/t19-,20-/m0/s1. The number of hydrogen-bond donors (Lipinski definition) is 3. The Labute approximate surface area is 182 Å². The van der Waals surface area contributed by atoms with Gasteiger partial charge in [-0.2, -0.15) is 0 Å². The second-order valence-corrected chi connectivity index (χ2v) is 8.25. The third kappa shape index (κ3) is 6.31. The summed E-state index contributed by atoms with van der Waals surface area (Å²) in [6.45, 7) is 4.66. The third-order valence-corrected chi connectivity index (χ3v) is 5.11. The number of hydrogen-bond acceptors (Lipinski definition) is 5. The van der Waals surface area contributed by atoms with Crippen LogP contribution in [0, 0.1) is 17.2 Å². The summed E-state index contributed by atoms with van der Waals surface area (Å²) in [4.78, 5) is 24.0. The van der Waals surface area contributed by atoms with Gasteiger partial charge in [0.2, 0.25) is 5.91 Å². The minimum Gasteiger partial charge on any atom is -0.491 e. The Morgan fingerprint density at radius 2 is 1.74 bits per heavy atom. The first-order valence-electron chi connectivity index (χ1n) is 10.5. The monoisotopic (exact) mass is 423 g/mol. The van der Waals surface area contributed by atoms with E-state index in [1.54, 1.807) is 0 Å². The highest BCUT2D eigenvalue weighted by atomic mass is 16.5. The largest absolute Gasteiger partial charge is 0.491 e. The van der Waals surface area contributed by atoms with Gasteiger partial charge in [-0.05, 0) is 35.6 Å². The van der Waals surface area contributed by atoms with Gasteiger partial charge in [-0.25, -0.2) is 0 Å². The molecule has 1 saturated heterocycles. The molecule has 0 aliphatic carbocycles. The molecule has 1 fully saturated rings. The molecular formula is C24H29N3O4. The minimum absolute atomic E-state index is 0.0454. The number of benzene rings is 2. The molecule has 4 N–H and O–H groups in total. The molecule has 1 amide bonds. The molecule has 31 heavy (non-hydrogen) atoms. The Morgan fingerprint density at radius 3 is 2.32 bits per heavy atom. The molecule has 0 saturated carbocycles. The number of ether oxygens (including phenoxy) is 2. The number of nitrogens with one attached hydrogen (secondary N) is 2. The molecule has 7 nitrogen and oxygen atoms in total. The zero-order chi connectivity index (χ0) is 22.4. The van der Waals surface area contributed by atoms with Crippen LogP contribution in [0.1, 0.15) is 32.3 Å². The first-order chi connectivity index (χ1) is 14.8. The SMILES string of the molecule is CC(C)COC(=O)C[C@@H]1C[C@@H](COc2ccc(-c3ccc(C(=N)N)cc3)cc2)NC1=O. The Balaban J connectivity index is 1.48. The van der Waals surface area contributed by atoms with Gasteiger partial charge in [0.05, 0.1) is 25.0 Å². The van der Waals surface area contributed by atoms with E-state index in [9.17, 15) is 9.59 Å². The fourth-order valence-corrected chi connectivity index (χ4v) is 3.42. The molecule has 2 aromatic carbocycles. The summed E-state index contributed by atoms with van der Waals surface area (Å²) in [5.41, 5.74) is 8.22. The van der Waals surface area contributed by atoms with Crippen LogP contribution in [0.25, 0.3) is 11.1 Å². The van der Waals surface area contributed by atoms with Crippen molar-refractivity contribution in [2.75, 3.05) is 13.2 Å². The summed E-state index contributed by atoms with van der Waals surface area (Å²) in [5.74, 6) is 0.200. The van der Waals surface area contributed by atoms with E-state index in [2.05, 4.69) is 5.32 Å². The fourth-order valence-electron chi connectivity index (χ4n) is 3.42. The van der Waals surface area contributed by atoms with E-state index >= 15 is 0 Å². The molecule has 1 aliphatic heterocycles. The number of amidine groups is 1. The van der Waals surface area contributed by atoms with E-state index in [4.69, 9.17) is 20.6 Å². The van der Waals surface area contributed by atoms with Crippen LogP contribution in [-0.2, 0) is 14.3 Å². The van der Waals surface area contributed by atoms with Crippen LogP contribution in [0.4, 0.5) is 0 Å². The van der Waals surface area contributed by atoms with Crippen molar-refractivity contribution in [2.45, 2.75) is 32.7 Å². The quantitative estimate of drug-likeness (QED) is 0.326. The van der Waals surface area contributed by atoms with Crippen molar-refractivity contribution in [2.24, 2.45) is 17.6 Å². The summed E-state index contributed by atoms with van der Waals surface area (Å²) < 4.78 is 11.0. The average molecular weight is 424 g/mol. The van der Waals surface area contributed by atoms with Crippen LogP contribution in [-0.4, -0.2) is 37.0 Å². The van der Waals surface area contributed by atoms with Crippen molar-refractivity contribution in [3.63, 3.8) is 0 Å². The number of carbonyl (C=O) groups is 2. The van der Waals surface area contributed by atoms with Crippen LogP contribution in [0.5, 0.6) is 5.75 Å². The first kappa shape index (κ1) is 22.3. The molecule has 2 atom stereocenters. The summed E-state index contributed by atoms with van der Waals surface area (Å²) in [6.07, 6.45) is 0.655. The number of amides is 1. The van der Waals surface area contributed by atoms with E-state index in [1.165, 1.54) is 0 Å². The van der Waals surface area contributed by atoms with Crippen LogP contribution in [0.3, 0.4) is 0 Å². The Kier molecular flexibility index (Phi) is 7.28. The summed E-state index contributed by atoms with van der Waals surface area (Å²) in [6, 6.07) is 15.0. The van der Waals surface area contributed by atoms with Gasteiger partial charge >= 0.3 is 5.97 Å². The Morgan fingerprint density at radius 1 is 1.13 bits per heavy atom. The predicted octanol–water partition coefficient (Wildman–Crippen LogP) is 3.11. The summed E-state index contributed by atoms with van der Waals surface area (Å²) in [7, 11) is 0. The molecule has 0 unspecified atom stereocenters. The summed E-state index contributed by atoms with van der Waals surface area (Å²) >= 11 is 0. The molecular weight excluding hydrogens is 394 g/mol. The van der Waals surface area contributed by atoms with E-state index < -0.39 is 0 Å². The van der Waals surface area contributed by atoms with E-state index in [-0.39, 0.29) is 42.0 Å². The Hall–Kier alpha value is -3.35. The highest BCUT2D eigenvalue weighted by Crippen LogP contribution is 2.24. The van der Waals surface area contributed by atoms with Gasteiger partial charge in [0, 0.05) is 5.56 Å². The lowest BCUT2D eigenvalue weighted by molar-refractivity contribution is -0.147. The zero-order valence-corrected chi connectivity index (χ0v) is 17.9. The van der Waals surface area contributed by atoms with Crippen molar-refractivity contribution in [1.29, 1.82) is 5.41 Å². The first-order valence-corrected chi connectivity index (χ1v) is 10.5. The molecule has 3 rings (SSSR count). The minimum atomic E-state index is -0.367. The Bertz CT molecular complexity index is 923. The smallest absolute Gasteiger partial charge is 0.306 e. The van der Waals surface area contributed by atoms with E-state index in [1.807, 2.05) is 62.4 Å². The van der Waals surface area contributed by atoms with E-state index in [0.717, 1.165) is 11.1 Å². The molecule has 1 heterocycles. The lowest BCUT2D eigenvalue weighted by atomic mass is 10.0. The van der Waals surface area contributed by atoms with Gasteiger partial charge in [-0.15, -0.1) is 0 Å². The second kappa shape index (κ2) is 10.1. The fraction of sp³-hybridized carbons (Fsp3) is 0.375. The van der Waals surface area contributed by atoms with E-state index in [0.29, 0.717) is 30.9 Å². The molecule has 1 aliphatic rings. The normalized spacial score (nSPS) is 18.0. The van der Waals surface area contributed by atoms with Crippen molar-refractivity contribution >= 4 is 17.7 Å². The highest BCUT2D eigenvalue weighted by molar-refractivity contribution is 5.95. The molecule has 0 radical (unpaired) electrons. The summed E-state index contributed by atoms with van der Waals surface area (Å²) in [5, 5.41) is 10.4. The molecule has 0 spiro atoms. The van der Waals surface area contributed by atoms with Crippen molar-refractivity contribution in [1.82, 2.24) is 5.32 Å². The molecule has 0 aromatic heterocycles. The maximum atomic E-state index is 12.1. The molecule has 2 aromatic rings. The maximum Gasteiger partial charge on any atom is 0.306 e. The number of esters is 1. The van der Waals surface area contributed by atoms with Crippen LogP contribution in [0.2, 0.25) is 0 Å². The predicted molar refractivity (Wildman–Crippen MR) is 119 cm³/mol. The van der Waals surface area contributed by atoms with Crippen molar-refractivity contribution in [3.05, 3.63) is 54.1 Å². The lowest BCUT2D eigenvalue weighted by Crippen LogP contribution is -2.31. The van der Waals surface area contributed by atoms with Crippen LogP contribution < -0.4 is 15.8 Å². The average Bonchev–Trinajstić information content (AvgIpc) is 3.10. The molecule has 164 valence electrons. The maximum absolute atomic E-state index is 12.1. The van der Waals surface area contributed by atoms with Gasteiger partial charge in [0.25, 0.3) is 0 Å². The van der Waals surface area contributed by atoms with Gasteiger partial charge in [-0.3, -0.25) is 15.0 Å². The third-order valence-electron chi connectivity index (χ3n) is 5.11. The van der Waals surface area contributed by atoms with Crippen molar-refractivity contribution < 1.29 is 19.1 Å². The lowest BCUT2D eigenvalue weighted by Gasteiger charge is -2.13. The number of rotatable bonds is 9. The highest BCUT2D eigenvalue weighted by Gasteiger charge is 2.34. The number of nitrogen functional groups attached to an aromatic ring is 1. The number of carbonyl (C=O) groups excluding carboxylic acids is 2. The number of nitrogens with two attached hydrogens (primary N) is 1. The molecule has 0 bridgehead atoms. The van der Waals surface area contributed by atoms with Gasteiger partial charge in [0.15, 0.2) is 0 Å². The van der Waals surface area contributed by atoms with Gasteiger partial charge in [-0.1, -0.05) is 50.2 Å². The van der Waals surface area contributed by atoms with Gasteiger partial charge in [0.1, 0.15) is 18.2 Å². The van der Waals surface area contributed by atoms with Crippen LogP contribution >= 0.6 is 0 Å².